The first-order valence-corrected chi connectivity index (χ1v) is 7.67. The third-order valence-electron chi connectivity index (χ3n) is 3.41. The lowest BCUT2D eigenvalue weighted by atomic mass is 10.1. The number of anilines is 1. The molecule has 1 aromatic heterocycles. The minimum atomic E-state index is 0.0954. The van der Waals surface area contributed by atoms with E-state index in [1.165, 1.54) is 20.7 Å². The van der Waals surface area contributed by atoms with Crippen molar-refractivity contribution >= 4 is 26.4 Å². The molecule has 0 saturated heterocycles. The zero-order chi connectivity index (χ0) is 13.8. The molecule has 1 unspecified atom stereocenters. The summed E-state index contributed by atoms with van der Waals surface area (Å²) in [7, 11) is 0. The highest BCUT2D eigenvalue weighted by Crippen LogP contribution is 2.29. The molecule has 2 aromatic carbocycles. The minimum absolute atomic E-state index is 0.0954. The van der Waals surface area contributed by atoms with Crippen molar-refractivity contribution in [1.82, 2.24) is 0 Å². The number of hydrogen-bond acceptors (Lipinski definition) is 3. The second kappa shape index (κ2) is 6.07. The maximum atomic E-state index is 6.20. The van der Waals surface area contributed by atoms with Crippen LogP contribution in [-0.4, -0.2) is 6.54 Å². The van der Waals surface area contributed by atoms with Crippen LogP contribution in [0.25, 0.3) is 10.1 Å². The first kappa shape index (κ1) is 13.2. The largest absolute Gasteiger partial charge is 0.377 e. The maximum Gasteiger partial charge on any atom is 0.0894 e. The van der Waals surface area contributed by atoms with E-state index in [1.54, 1.807) is 11.3 Å². The van der Waals surface area contributed by atoms with Crippen molar-refractivity contribution in [3.63, 3.8) is 0 Å². The Hall–Kier alpha value is -1.84. The van der Waals surface area contributed by atoms with Gasteiger partial charge in [0.1, 0.15) is 0 Å². The highest BCUT2D eigenvalue weighted by Gasteiger charge is 2.05. The normalized spacial score (nSPS) is 12.4. The van der Waals surface area contributed by atoms with Crippen molar-refractivity contribution in [1.29, 1.82) is 0 Å². The average molecular weight is 282 g/mol. The lowest BCUT2D eigenvalue weighted by molar-refractivity contribution is 0.676. The molecule has 1 atom stereocenters. The topological polar surface area (TPSA) is 38.0 Å². The number of nitrogens with one attached hydrogen (secondary N) is 1. The molecular weight excluding hydrogens is 264 g/mol. The van der Waals surface area contributed by atoms with Crippen molar-refractivity contribution in [2.45, 2.75) is 12.5 Å². The molecule has 0 spiro atoms. The molecule has 3 rings (SSSR count). The van der Waals surface area contributed by atoms with E-state index in [2.05, 4.69) is 47.8 Å². The van der Waals surface area contributed by atoms with Crippen LogP contribution < -0.4 is 11.1 Å². The van der Waals surface area contributed by atoms with Crippen molar-refractivity contribution in [2.24, 2.45) is 5.73 Å². The third-order valence-corrected chi connectivity index (χ3v) is 4.48. The summed E-state index contributed by atoms with van der Waals surface area (Å²) in [5, 5.41) is 5.99. The van der Waals surface area contributed by atoms with Gasteiger partial charge in [-0.05, 0) is 29.5 Å². The highest BCUT2D eigenvalue weighted by molar-refractivity contribution is 7.22. The summed E-state index contributed by atoms with van der Waals surface area (Å²) in [5.74, 6) is 0. The Morgan fingerprint density at radius 3 is 2.55 bits per heavy atom. The van der Waals surface area contributed by atoms with E-state index in [4.69, 9.17) is 5.73 Å². The molecule has 3 heteroatoms. The summed E-state index contributed by atoms with van der Waals surface area (Å²) in [6, 6.07) is 21.0. The van der Waals surface area contributed by atoms with E-state index in [0.717, 1.165) is 13.0 Å². The summed E-state index contributed by atoms with van der Waals surface area (Å²) in [5.41, 5.74) is 7.40. The van der Waals surface area contributed by atoms with Crippen molar-refractivity contribution in [3.05, 3.63) is 66.2 Å². The number of fused-ring (bicyclic) bond motifs is 1. The van der Waals surface area contributed by atoms with Crippen molar-refractivity contribution < 1.29 is 0 Å². The predicted octanol–water partition coefficient (Wildman–Crippen LogP) is 4.40. The monoisotopic (exact) mass is 282 g/mol. The molecule has 0 aliphatic carbocycles. The van der Waals surface area contributed by atoms with Gasteiger partial charge >= 0.3 is 0 Å². The van der Waals surface area contributed by atoms with Crippen LogP contribution in [-0.2, 0) is 0 Å². The zero-order valence-electron chi connectivity index (χ0n) is 11.3. The Kier molecular flexibility index (Phi) is 4.00. The zero-order valence-corrected chi connectivity index (χ0v) is 12.1. The van der Waals surface area contributed by atoms with Gasteiger partial charge in [-0.15, -0.1) is 11.3 Å². The van der Waals surface area contributed by atoms with Gasteiger partial charge in [0.2, 0.25) is 0 Å². The van der Waals surface area contributed by atoms with E-state index in [1.807, 2.05) is 18.2 Å². The van der Waals surface area contributed by atoms with Gasteiger partial charge in [-0.25, -0.2) is 0 Å². The molecule has 0 saturated carbocycles. The molecular formula is C17H18N2S. The third kappa shape index (κ3) is 3.00. The SMILES string of the molecule is NC(CCNc1cc2ccccc2s1)c1ccccc1. The number of rotatable bonds is 5. The fraction of sp³-hybridized carbons (Fsp3) is 0.176. The Balaban J connectivity index is 1.57. The van der Waals surface area contributed by atoms with Crippen LogP contribution in [0.1, 0.15) is 18.0 Å². The van der Waals surface area contributed by atoms with Gasteiger partial charge in [0.15, 0.2) is 0 Å². The van der Waals surface area contributed by atoms with Crippen LogP contribution in [0.5, 0.6) is 0 Å². The van der Waals surface area contributed by atoms with Gasteiger partial charge in [0.25, 0.3) is 0 Å². The fourth-order valence-electron chi connectivity index (χ4n) is 2.29. The molecule has 20 heavy (non-hydrogen) atoms. The van der Waals surface area contributed by atoms with E-state index < -0.39 is 0 Å². The summed E-state index contributed by atoms with van der Waals surface area (Å²) >= 11 is 1.79. The molecule has 2 nitrogen and oxygen atoms in total. The fourth-order valence-corrected chi connectivity index (χ4v) is 3.28. The molecule has 0 aliphatic rings. The van der Waals surface area contributed by atoms with Gasteiger partial charge in [0, 0.05) is 17.3 Å². The van der Waals surface area contributed by atoms with Gasteiger partial charge in [-0.1, -0.05) is 48.5 Å². The van der Waals surface area contributed by atoms with Crippen molar-refractivity contribution in [2.75, 3.05) is 11.9 Å². The second-order valence-corrected chi connectivity index (χ2v) is 5.96. The number of benzene rings is 2. The van der Waals surface area contributed by atoms with E-state index in [9.17, 15) is 0 Å². The summed E-state index contributed by atoms with van der Waals surface area (Å²) in [6.45, 7) is 0.892. The van der Waals surface area contributed by atoms with E-state index >= 15 is 0 Å². The average Bonchev–Trinajstić information content (AvgIpc) is 2.90. The molecule has 1 heterocycles. The molecule has 102 valence electrons. The number of nitrogens with two attached hydrogens (primary N) is 1. The van der Waals surface area contributed by atoms with Gasteiger partial charge in [-0.3, -0.25) is 0 Å². The molecule has 3 aromatic rings. The molecule has 0 fully saturated rings. The number of thiophene rings is 1. The first-order chi connectivity index (χ1) is 9.83. The summed E-state index contributed by atoms with van der Waals surface area (Å²) in [6.07, 6.45) is 0.929. The Labute approximate surface area is 123 Å². The first-order valence-electron chi connectivity index (χ1n) is 6.86. The Bertz CT molecular complexity index is 643. The molecule has 0 radical (unpaired) electrons. The van der Waals surface area contributed by atoms with E-state index in [-0.39, 0.29) is 6.04 Å². The van der Waals surface area contributed by atoms with Gasteiger partial charge < -0.3 is 11.1 Å². The predicted molar refractivity (Wildman–Crippen MR) is 88.3 cm³/mol. The lowest BCUT2D eigenvalue weighted by Crippen LogP contribution is -2.14. The Morgan fingerprint density at radius 2 is 1.75 bits per heavy atom. The van der Waals surface area contributed by atoms with Crippen LogP contribution in [0.3, 0.4) is 0 Å². The second-order valence-electron chi connectivity index (χ2n) is 4.88. The van der Waals surface area contributed by atoms with Crippen LogP contribution in [0.15, 0.2) is 60.7 Å². The maximum absolute atomic E-state index is 6.20. The van der Waals surface area contributed by atoms with E-state index in [0.29, 0.717) is 0 Å². The van der Waals surface area contributed by atoms with Crippen LogP contribution >= 0.6 is 11.3 Å². The molecule has 0 aliphatic heterocycles. The number of hydrogen-bond donors (Lipinski definition) is 2. The molecule has 0 amide bonds. The van der Waals surface area contributed by atoms with Gasteiger partial charge in [-0.2, -0.15) is 0 Å². The van der Waals surface area contributed by atoms with Gasteiger partial charge in [0.05, 0.1) is 5.00 Å². The quantitative estimate of drug-likeness (QED) is 0.727. The summed E-state index contributed by atoms with van der Waals surface area (Å²) in [4.78, 5) is 0. The van der Waals surface area contributed by atoms with Crippen LogP contribution in [0, 0.1) is 0 Å². The Morgan fingerprint density at radius 1 is 1.00 bits per heavy atom. The van der Waals surface area contributed by atoms with Crippen molar-refractivity contribution in [3.8, 4) is 0 Å². The smallest absolute Gasteiger partial charge is 0.0894 e. The lowest BCUT2D eigenvalue weighted by Gasteiger charge is -2.12. The van der Waals surface area contributed by atoms with Crippen LogP contribution in [0.4, 0.5) is 5.00 Å². The highest BCUT2D eigenvalue weighted by atomic mass is 32.1. The molecule has 0 bridgehead atoms. The van der Waals surface area contributed by atoms with Crippen LogP contribution in [0.2, 0.25) is 0 Å². The minimum Gasteiger partial charge on any atom is -0.377 e. The molecule has 3 N–H and O–H groups in total. The standard InChI is InChI=1S/C17H18N2S/c18-15(13-6-2-1-3-7-13)10-11-19-17-12-14-8-4-5-9-16(14)20-17/h1-9,12,15,19H,10-11,18H2. The summed E-state index contributed by atoms with van der Waals surface area (Å²) < 4.78 is 1.32.